The number of hydrogen-bond donors (Lipinski definition) is 2. The van der Waals surface area contributed by atoms with Crippen molar-refractivity contribution < 1.29 is 14.3 Å². The SMILES string of the molecule is COC(=O)C(NCC(=O)NCC#N)C(C)C. The van der Waals surface area contributed by atoms with Crippen LogP contribution in [0, 0.1) is 17.2 Å². The maximum atomic E-state index is 11.3. The number of carbonyl (C=O) groups excluding carboxylic acids is 2. The molecule has 1 unspecified atom stereocenters. The van der Waals surface area contributed by atoms with Crippen LogP contribution >= 0.6 is 0 Å². The van der Waals surface area contributed by atoms with E-state index in [4.69, 9.17) is 5.26 Å². The van der Waals surface area contributed by atoms with Crippen molar-refractivity contribution >= 4 is 11.9 Å². The minimum Gasteiger partial charge on any atom is -0.468 e. The lowest BCUT2D eigenvalue weighted by Gasteiger charge is -2.19. The van der Waals surface area contributed by atoms with Crippen molar-refractivity contribution in [1.82, 2.24) is 10.6 Å². The van der Waals surface area contributed by atoms with E-state index in [9.17, 15) is 9.59 Å². The number of rotatable bonds is 6. The molecule has 0 aromatic rings. The van der Waals surface area contributed by atoms with Gasteiger partial charge in [0, 0.05) is 0 Å². The van der Waals surface area contributed by atoms with Gasteiger partial charge < -0.3 is 10.1 Å². The van der Waals surface area contributed by atoms with Gasteiger partial charge in [0.25, 0.3) is 0 Å². The number of nitrogens with one attached hydrogen (secondary N) is 2. The van der Waals surface area contributed by atoms with Crippen molar-refractivity contribution in [3.8, 4) is 6.07 Å². The van der Waals surface area contributed by atoms with Crippen molar-refractivity contribution in [1.29, 1.82) is 5.26 Å². The summed E-state index contributed by atoms with van der Waals surface area (Å²) in [5.41, 5.74) is 0. The molecular formula is C10H17N3O3. The smallest absolute Gasteiger partial charge is 0.323 e. The topological polar surface area (TPSA) is 91.2 Å². The summed E-state index contributed by atoms with van der Waals surface area (Å²) in [5.74, 6) is -0.699. The van der Waals surface area contributed by atoms with Crippen molar-refractivity contribution in [2.24, 2.45) is 5.92 Å². The molecule has 0 fully saturated rings. The molecule has 1 amide bonds. The van der Waals surface area contributed by atoms with Crippen LogP contribution in [0.5, 0.6) is 0 Å². The Morgan fingerprint density at radius 3 is 2.50 bits per heavy atom. The highest BCUT2D eigenvalue weighted by Crippen LogP contribution is 2.02. The van der Waals surface area contributed by atoms with Crippen molar-refractivity contribution in [3.63, 3.8) is 0 Å². The zero-order valence-corrected chi connectivity index (χ0v) is 9.74. The molecule has 0 radical (unpaired) electrons. The number of nitrogens with zero attached hydrogens (tertiary/aromatic N) is 1. The van der Waals surface area contributed by atoms with Gasteiger partial charge in [-0.05, 0) is 5.92 Å². The lowest BCUT2D eigenvalue weighted by molar-refractivity contribution is -0.144. The lowest BCUT2D eigenvalue weighted by Crippen LogP contribution is -2.46. The van der Waals surface area contributed by atoms with Gasteiger partial charge in [0.05, 0.1) is 19.7 Å². The third kappa shape index (κ3) is 5.32. The zero-order chi connectivity index (χ0) is 12.6. The molecule has 0 heterocycles. The Hall–Kier alpha value is -1.61. The predicted molar refractivity (Wildman–Crippen MR) is 57.3 cm³/mol. The Kier molecular flexibility index (Phi) is 6.88. The first kappa shape index (κ1) is 14.4. The third-order valence-electron chi connectivity index (χ3n) is 1.97. The minimum absolute atomic E-state index is 0.0143. The number of methoxy groups -OCH3 is 1. The molecular weight excluding hydrogens is 210 g/mol. The first-order chi connectivity index (χ1) is 7.52. The maximum Gasteiger partial charge on any atom is 0.323 e. The average Bonchev–Trinajstić information content (AvgIpc) is 2.25. The van der Waals surface area contributed by atoms with Crippen LogP contribution in [-0.4, -0.2) is 38.1 Å². The molecule has 0 aliphatic rings. The predicted octanol–water partition coefficient (Wildman–Crippen LogP) is -0.587. The molecule has 0 saturated heterocycles. The lowest BCUT2D eigenvalue weighted by atomic mass is 10.0. The van der Waals surface area contributed by atoms with E-state index in [2.05, 4.69) is 15.4 Å². The van der Waals surface area contributed by atoms with E-state index in [0.717, 1.165) is 0 Å². The van der Waals surface area contributed by atoms with Gasteiger partial charge in [-0.25, -0.2) is 0 Å². The molecule has 6 heteroatoms. The first-order valence-electron chi connectivity index (χ1n) is 4.97. The highest BCUT2D eigenvalue weighted by Gasteiger charge is 2.22. The fourth-order valence-electron chi connectivity index (χ4n) is 1.12. The molecule has 6 nitrogen and oxygen atoms in total. The molecule has 16 heavy (non-hydrogen) atoms. The summed E-state index contributed by atoms with van der Waals surface area (Å²) in [6.07, 6.45) is 0. The largest absolute Gasteiger partial charge is 0.468 e. The summed E-state index contributed by atoms with van der Waals surface area (Å²) in [7, 11) is 1.30. The molecule has 90 valence electrons. The number of carbonyl (C=O) groups is 2. The molecule has 1 atom stereocenters. The van der Waals surface area contributed by atoms with E-state index >= 15 is 0 Å². The van der Waals surface area contributed by atoms with Crippen molar-refractivity contribution in [3.05, 3.63) is 0 Å². The molecule has 0 aliphatic carbocycles. The van der Waals surface area contributed by atoms with Crippen molar-refractivity contribution in [2.45, 2.75) is 19.9 Å². The fraction of sp³-hybridized carbons (Fsp3) is 0.700. The van der Waals surface area contributed by atoms with Gasteiger partial charge in [-0.15, -0.1) is 0 Å². The second-order valence-electron chi connectivity index (χ2n) is 3.56. The molecule has 0 aromatic heterocycles. The Morgan fingerprint density at radius 1 is 1.44 bits per heavy atom. The van der Waals surface area contributed by atoms with E-state index in [1.54, 1.807) is 6.07 Å². The van der Waals surface area contributed by atoms with Gasteiger partial charge in [-0.1, -0.05) is 13.8 Å². The third-order valence-corrected chi connectivity index (χ3v) is 1.97. The van der Waals surface area contributed by atoms with Gasteiger partial charge in [0.1, 0.15) is 12.6 Å². The van der Waals surface area contributed by atoms with E-state index in [1.807, 2.05) is 13.8 Å². The maximum absolute atomic E-state index is 11.3. The Morgan fingerprint density at radius 2 is 2.06 bits per heavy atom. The summed E-state index contributed by atoms with van der Waals surface area (Å²) < 4.78 is 4.60. The zero-order valence-electron chi connectivity index (χ0n) is 9.74. The van der Waals surface area contributed by atoms with Crippen LogP contribution in [-0.2, 0) is 14.3 Å². The van der Waals surface area contributed by atoms with Gasteiger partial charge in [0.15, 0.2) is 0 Å². The van der Waals surface area contributed by atoms with Crippen LogP contribution in [0.1, 0.15) is 13.8 Å². The van der Waals surface area contributed by atoms with Crippen LogP contribution < -0.4 is 10.6 Å². The standard InChI is InChI=1S/C10H17N3O3/c1-7(2)9(10(15)16-3)13-6-8(14)12-5-4-11/h7,9,13H,5-6H2,1-3H3,(H,12,14). The number of nitriles is 1. The number of esters is 1. The number of ether oxygens (including phenoxy) is 1. The molecule has 0 saturated carbocycles. The van der Waals surface area contributed by atoms with Crippen LogP contribution in [0.25, 0.3) is 0 Å². The highest BCUT2D eigenvalue weighted by molar-refractivity contribution is 5.80. The minimum atomic E-state index is -0.516. The van der Waals surface area contributed by atoms with Gasteiger partial charge in [-0.3, -0.25) is 14.9 Å². The van der Waals surface area contributed by atoms with Crippen LogP contribution in [0.4, 0.5) is 0 Å². The summed E-state index contributed by atoms with van der Waals surface area (Å²) in [5, 5.41) is 13.4. The fourth-order valence-corrected chi connectivity index (χ4v) is 1.12. The molecule has 0 bridgehead atoms. The van der Waals surface area contributed by atoms with Crippen LogP contribution in [0.15, 0.2) is 0 Å². The molecule has 0 aliphatic heterocycles. The van der Waals surface area contributed by atoms with E-state index in [0.29, 0.717) is 0 Å². The second-order valence-corrected chi connectivity index (χ2v) is 3.56. The second kappa shape index (κ2) is 7.65. The van der Waals surface area contributed by atoms with Crippen molar-refractivity contribution in [2.75, 3.05) is 20.2 Å². The Labute approximate surface area is 95.0 Å². The van der Waals surface area contributed by atoms with Crippen LogP contribution in [0.2, 0.25) is 0 Å². The molecule has 0 aromatic carbocycles. The first-order valence-corrected chi connectivity index (χ1v) is 4.97. The van der Waals surface area contributed by atoms with Crippen LogP contribution in [0.3, 0.4) is 0 Å². The van der Waals surface area contributed by atoms with Gasteiger partial charge in [0.2, 0.25) is 5.91 Å². The number of amides is 1. The Balaban J connectivity index is 4.08. The average molecular weight is 227 g/mol. The van der Waals surface area contributed by atoms with E-state index in [1.165, 1.54) is 7.11 Å². The quantitative estimate of drug-likeness (QED) is 0.467. The normalized spacial score (nSPS) is 11.7. The Bertz CT molecular complexity index is 284. The molecule has 2 N–H and O–H groups in total. The van der Waals surface area contributed by atoms with E-state index < -0.39 is 12.0 Å². The van der Waals surface area contributed by atoms with Gasteiger partial charge in [-0.2, -0.15) is 5.26 Å². The van der Waals surface area contributed by atoms with Gasteiger partial charge >= 0.3 is 5.97 Å². The molecule has 0 spiro atoms. The summed E-state index contributed by atoms with van der Waals surface area (Å²) in [6, 6.07) is 1.28. The monoisotopic (exact) mass is 227 g/mol. The highest BCUT2D eigenvalue weighted by atomic mass is 16.5. The summed E-state index contributed by atoms with van der Waals surface area (Å²) in [6.45, 7) is 3.65. The molecule has 0 rings (SSSR count). The van der Waals surface area contributed by atoms with E-state index in [-0.39, 0.29) is 24.9 Å². The summed E-state index contributed by atoms with van der Waals surface area (Å²) in [4.78, 5) is 22.5. The number of hydrogen-bond acceptors (Lipinski definition) is 5. The summed E-state index contributed by atoms with van der Waals surface area (Å²) >= 11 is 0.